The molecule has 5 heterocycles. The highest BCUT2D eigenvalue weighted by Gasteiger charge is 2.18. The van der Waals surface area contributed by atoms with Crippen molar-refractivity contribution in [2.45, 2.75) is 0 Å². The van der Waals surface area contributed by atoms with E-state index in [1.54, 1.807) is 0 Å². The lowest BCUT2D eigenvalue weighted by atomic mass is 9.89. The predicted molar refractivity (Wildman–Crippen MR) is 317 cm³/mol. The Balaban J connectivity index is 0.800. The molecule has 0 aliphatic heterocycles. The summed E-state index contributed by atoms with van der Waals surface area (Å²) in [6, 6.07) is 77.1. The summed E-state index contributed by atoms with van der Waals surface area (Å²) in [5.74, 6) is 0. The lowest BCUT2D eigenvalue weighted by molar-refractivity contribution is 0.948. The Morgan fingerprint density at radius 3 is 1.87 bits per heavy atom. The molecule has 0 radical (unpaired) electrons. The molecule has 0 saturated carbocycles. The van der Waals surface area contributed by atoms with Crippen LogP contribution in [0.5, 0.6) is 0 Å². The zero-order valence-corrected chi connectivity index (χ0v) is 41.2. The number of rotatable bonds is 5. The van der Waals surface area contributed by atoms with E-state index in [0.717, 1.165) is 99.6 Å². The molecule has 0 aliphatic carbocycles. The van der Waals surface area contributed by atoms with Gasteiger partial charge in [-0.15, -0.1) is 0 Å². The third-order valence-corrected chi connectivity index (χ3v) is 15.8. The molecule has 0 N–H and O–H groups in total. The first-order valence-electron chi connectivity index (χ1n) is 25.7. The number of hydrogen-bond acceptors (Lipinski definition) is 5. The van der Waals surface area contributed by atoms with Gasteiger partial charge in [-0.3, -0.25) is 9.97 Å². The highest BCUT2D eigenvalue weighted by atomic mass is 15.0. The van der Waals surface area contributed by atoms with E-state index in [4.69, 9.17) is 15.0 Å². The predicted octanol–water partition coefficient (Wildman–Crippen LogP) is 17.9. The highest BCUT2D eigenvalue weighted by molar-refractivity contribution is 6.25. The molecule has 5 aromatic heterocycles. The summed E-state index contributed by atoms with van der Waals surface area (Å²) < 4.78 is 2.05. The quantitative estimate of drug-likeness (QED) is 0.161. The fraction of sp³-hybridized carbons (Fsp3) is 0.0143. The maximum atomic E-state index is 5.46. The number of aromatic nitrogens is 6. The van der Waals surface area contributed by atoms with E-state index < -0.39 is 0 Å². The molecule has 11 aromatic carbocycles. The van der Waals surface area contributed by atoms with E-state index in [2.05, 4.69) is 222 Å². The van der Waals surface area contributed by atoms with Gasteiger partial charge in [-0.25, -0.2) is 15.0 Å². The van der Waals surface area contributed by atoms with Gasteiger partial charge in [-0.1, -0.05) is 140 Å². The van der Waals surface area contributed by atoms with E-state index >= 15 is 0 Å². The Labute approximate surface area is 435 Å². The second-order valence-electron chi connectivity index (χ2n) is 20.2. The van der Waals surface area contributed by atoms with Crippen LogP contribution in [0.15, 0.2) is 237 Å². The Bertz CT molecular complexity index is 5150. The van der Waals surface area contributed by atoms with Crippen LogP contribution in [-0.4, -0.2) is 29.5 Å². The SMILES string of the molecule is Cn1cnc2ccc(-c3cccc(-c4ccc5ccc6c(-c7cnc8c(ccc9ccc(-c%10cc(-c%11ccc%12c(ccc%13c%14ccccc%14ccc%12%13)c%11)cc%11ccncc%10%11)nc98)c7)cc7ccccc7c6c5c4)n3)cc21. The van der Waals surface area contributed by atoms with E-state index in [1.165, 1.54) is 64.6 Å². The molecule has 76 heavy (non-hydrogen) atoms. The second kappa shape index (κ2) is 16.4. The standard InChI is InChI=1S/C70H42N6/c1-76-40-73-66-28-22-49(37-67(66)76)64-12-6-11-63(74-64)48-15-13-42-18-26-58-59(34-45-8-3-5-10-55(45)68(58)60(42)35-48)52-33-50-16-14-43-21-27-65(75-70(43)69(50)72-38-52)61-36-51(32-47-29-30-71-39-62(47)61)44-19-23-54-46(31-44)20-25-56-53-9-4-2-7-41(53)17-24-57(54)56/h2-40H,1H3. The third kappa shape index (κ3) is 6.64. The summed E-state index contributed by atoms with van der Waals surface area (Å²) in [6.07, 6.45) is 7.72. The zero-order valence-electron chi connectivity index (χ0n) is 41.2. The number of aryl methyl sites for hydroxylation is 1. The van der Waals surface area contributed by atoms with Crippen LogP contribution in [-0.2, 0) is 7.05 Å². The minimum Gasteiger partial charge on any atom is -0.334 e. The van der Waals surface area contributed by atoms with Gasteiger partial charge in [0.25, 0.3) is 0 Å². The van der Waals surface area contributed by atoms with Crippen LogP contribution in [0.25, 0.3) is 164 Å². The molecule has 352 valence electrons. The maximum Gasteiger partial charge on any atom is 0.0972 e. The zero-order chi connectivity index (χ0) is 50.0. The van der Waals surface area contributed by atoms with E-state index in [0.29, 0.717) is 0 Å². The van der Waals surface area contributed by atoms with Crippen molar-refractivity contribution in [3.05, 3.63) is 237 Å². The monoisotopic (exact) mass is 966 g/mol. The molecule has 0 atom stereocenters. The number of pyridine rings is 4. The second-order valence-corrected chi connectivity index (χ2v) is 20.2. The molecular formula is C70H42N6. The van der Waals surface area contributed by atoms with Crippen LogP contribution in [0.2, 0.25) is 0 Å². The molecule has 0 aliphatic rings. The van der Waals surface area contributed by atoms with E-state index in [9.17, 15) is 0 Å². The Kier molecular flexibility index (Phi) is 9.15. The van der Waals surface area contributed by atoms with Gasteiger partial charge in [0.1, 0.15) is 0 Å². The van der Waals surface area contributed by atoms with Gasteiger partial charge >= 0.3 is 0 Å². The lowest BCUT2D eigenvalue weighted by Crippen LogP contribution is -1.93. The van der Waals surface area contributed by atoms with Crippen molar-refractivity contribution in [3.63, 3.8) is 0 Å². The average molecular weight is 967 g/mol. The van der Waals surface area contributed by atoms with Crippen molar-refractivity contribution in [3.8, 4) is 56.0 Å². The Morgan fingerprint density at radius 1 is 0.329 bits per heavy atom. The molecule has 0 unspecified atom stereocenters. The number of hydrogen-bond donors (Lipinski definition) is 0. The van der Waals surface area contributed by atoms with Crippen molar-refractivity contribution in [1.82, 2.24) is 29.5 Å². The smallest absolute Gasteiger partial charge is 0.0972 e. The lowest BCUT2D eigenvalue weighted by Gasteiger charge is -2.15. The van der Waals surface area contributed by atoms with Crippen molar-refractivity contribution in [2.75, 3.05) is 0 Å². The Hall–Kier alpha value is -10.2. The van der Waals surface area contributed by atoms with Gasteiger partial charge in [-0.05, 0) is 160 Å². The number of fused-ring (bicyclic) bond motifs is 15. The average Bonchev–Trinajstić information content (AvgIpc) is 3.92. The van der Waals surface area contributed by atoms with Crippen molar-refractivity contribution in [1.29, 1.82) is 0 Å². The van der Waals surface area contributed by atoms with Crippen molar-refractivity contribution in [2.24, 2.45) is 7.05 Å². The van der Waals surface area contributed by atoms with Gasteiger partial charge < -0.3 is 4.57 Å². The topological polar surface area (TPSA) is 69.4 Å². The summed E-state index contributed by atoms with van der Waals surface area (Å²) in [7, 11) is 2.03. The molecule has 6 heteroatoms. The maximum absolute atomic E-state index is 5.46. The largest absolute Gasteiger partial charge is 0.334 e. The number of imidazole rings is 1. The first-order chi connectivity index (χ1) is 37.5. The molecular weight excluding hydrogens is 925 g/mol. The normalized spacial score (nSPS) is 12.0. The molecule has 0 fully saturated rings. The molecule has 0 spiro atoms. The van der Waals surface area contributed by atoms with Crippen LogP contribution in [0, 0.1) is 0 Å². The molecule has 0 amide bonds. The molecule has 0 saturated heterocycles. The summed E-state index contributed by atoms with van der Waals surface area (Å²) in [4.78, 5) is 25.1. The molecule has 16 aromatic rings. The number of benzene rings is 11. The minimum atomic E-state index is 0.867. The van der Waals surface area contributed by atoms with Crippen LogP contribution >= 0.6 is 0 Å². The first-order valence-corrected chi connectivity index (χ1v) is 25.7. The van der Waals surface area contributed by atoms with Crippen LogP contribution < -0.4 is 0 Å². The summed E-state index contributed by atoms with van der Waals surface area (Å²) >= 11 is 0. The fourth-order valence-electron chi connectivity index (χ4n) is 12.0. The molecule has 0 bridgehead atoms. The third-order valence-electron chi connectivity index (χ3n) is 15.8. The summed E-state index contributed by atoms with van der Waals surface area (Å²) in [6.45, 7) is 0. The van der Waals surface area contributed by atoms with Crippen LogP contribution in [0.3, 0.4) is 0 Å². The Morgan fingerprint density at radius 2 is 0.974 bits per heavy atom. The van der Waals surface area contributed by atoms with Gasteiger partial charge in [0.2, 0.25) is 0 Å². The number of nitrogens with zero attached hydrogens (tertiary/aromatic N) is 6. The van der Waals surface area contributed by atoms with E-state index in [-0.39, 0.29) is 0 Å². The first kappa shape index (κ1) is 42.3. The molecule has 16 rings (SSSR count). The summed E-state index contributed by atoms with van der Waals surface area (Å²) in [5, 5.41) is 18.9. The van der Waals surface area contributed by atoms with Gasteiger partial charge in [0, 0.05) is 64.1 Å². The fourth-order valence-corrected chi connectivity index (χ4v) is 12.0. The van der Waals surface area contributed by atoms with Gasteiger partial charge in [0.15, 0.2) is 0 Å². The van der Waals surface area contributed by atoms with Gasteiger partial charge in [0.05, 0.1) is 45.5 Å². The van der Waals surface area contributed by atoms with Crippen molar-refractivity contribution >= 4 is 108 Å². The summed E-state index contributed by atoms with van der Waals surface area (Å²) in [5.41, 5.74) is 14.1. The highest BCUT2D eigenvalue weighted by Crippen LogP contribution is 2.42. The van der Waals surface area contributed by atoms with Crippen LogP contribution in [0.4, 0.5) is 0 Å². The van der Waals surface area contributed by atoms with E-state index in [1.807, 2.05) is 36.5 Å². The minimum absolute atomic E-state index is 0.867. The van der Waals surface area contributed by atoms with Gasteiger partial charge in [-0.2, -0.15) is 0 Å². The van der Waals surface area contributed by atoms with Crippen LogP contribution in [0.1, 0.15) is 0 Å². The van der Waals surface area contributed by atoms with Crippen molar-refractivity contribution < 1.29 is 0 Å². The molecule has 6 nitrogen and oxygen atoms in total.